The Morgan fingerprint density at radius 3 is 2.78 bits per heavy atom. The lowest BCUT2D eigenvalue weighted by molar-refractivity contribution is -0.153. The molecular weight excluding hydrogens is 258 g/mol. The van der Waals surface area contributed by atoms with Crippen LogP contribution in [-0.2, 0) is 16.1 Å². The maximum Gasteiger partial charge on any atom is 0.411 e. The number of carbonyl (C=O) groups excluding carboxylic acids is 1. The number of benzene rings is 1. The van der Waals surface area contributed by atoms with Crippen LogP contribution in [0.2, 0.25) is 5.02 Å². The van der Waals surface area contributed by atoms with Gasteiger partial charge in [-0.15, -0.1) is 0 Å². The molecule has 1 unspecified atom stereocenters. The number of aliphatic carboxylic acids is 1. The summed E-state index contributed by atoms with van der Waals surface area (Å²) in [5, 5.41) is 9.54. The summed E-state index contributed by atoms with van der Waals surface area (Å²) in [5.41, 5.74) is -0.732. The minimum Gasteiger partial charge on any atom is -0.478 e. The van der Waals surface area contributed by atoms with Crippen LogP contribution >= 0.6 is 11.6 Å². The van der Waals surface area contributed by atoms with Crippen LogP contribution in [0.1, 0.15) is 12.5 Å². The van der Waals surface area contributed by atoms with Gasteiger partial charge < -0.3 is 9.84 Å². The summed E-state index contributed by atoms with van der Waals surface area (Å²) < 4.78 is 4.88. The Labute approximate surface area is 109 Å². The Kier molecular flexibility index (Phi) is 3.17. The number of ether oxygens (including phenoxy) is 1. The van der Waals surface area contributed by atoms with Gasteiger partial charge in [-0.25, -0.2) is 9.59 Å². The minimum absolute atomic E-state index is 0.00634. The number of nitrogens with zero attached hydrogens (tertiary/aromatic N) is 1. The van der Waals surface area contributed by atoms with E-state index >= 15 is 0 Å². The van der Waals surface area contributed by atoms with Crippen LogP contribution in [0.15, 0.2) is 24.3 Å². The van der Waals surface area contributed by atoms with Crippen LogP contribution in [0.25, 0.3) is 0 Å². The fourth-order valence-corrected chi connectivity index (χ4v) is 1.98. The summed E-state index contributed by atoms with van der Waals surface area (Å²) in [7, 11) is 0. The van der Waals surface area contributed by atoms with Crippen LogP contribution in [0.5, 0.6) is 0 Å². The number of cyclic esters (lactones) is 1. The summed E-state index contributed by atoms with van der Waals surface area (Å²) in [5.74, 6) is -1.16. The van der Waals surface area contributed by atoms with Crippen LogP contribution in [0.3, 0.4) is 0 Å². The molecule has 1 aliphatic heterocycles. The summed E-state index contributed by atoms with van der Waals surface area (Å²) in [6.07, 6.45) is -0.639. The number of amides is 1. The molecule has 1 fully saturated rings. The molecule has 1 aromatic rings. The van der Waals surface area contributed by atoms with E-state index in [2.05, 4.69) is 0 Å². The highest BCUT2D eigenvalue weighted by Crippen LogP contribution is 2.26. The number of carbonyl (C=O) groups is 2. The zero-order valence-electron chi connectivity index (χ0n) is 9.72. The lowest BCUT2D eigenvalue weighted by Crippen LogP contribution is -2.39. The number of carboxylic acids is 1. The van der Waals surface area contributed by atoms with Crippen molar-refractivity contribution in [2.75, 3.05) is 6.54 Å². The molecule has 0 radical (unpaired) electrons. The minimum atomic E-state index is -1.49. The van der Waals surface area contributed by atoms with E-state index in [1.54, 1.807) is 24.3 Å². The van der Waals surface area contributed by atoms with Gasteiger partial charge in [0.2, 0.25) is 5.60 Å². The van der Waals surface area contributed by atoms with E-state index in [0.29, 0.717) is 5.02 Å². The molecule has 0 saturated carbocycles. The third kappa shape index (κ3) is 2.26. The highest BCUT2D eigenvalue weighted by molar-refractivity contribution is 6.31. The van der Waals surface area contributed by atoms with Crippen molar-refractivity contribution in [3.05, 3.63) is 34.9 Å². The summed E-state index contributed by atoms with van der Waals surface area (Å²) >= 11 is 5.99. The summed E-state index contributed by atoms with van der Waals surface area (Å²) in [4.78, 5) is 23.9. The Morgan fingerprint density at radius 1 is 1.56 bits per heavy atom. The molecule has 2 rings (SSSR count). The van der Waals surface area contributed by atoms with Crippen molar-refractivity contribution < 1.29 is 19.4 Å². The standard InChI is InChI=1S/C12H12ClNO4/c1-12(10(15)16)7-14(11(17)18-12)6-8-4-2-3-5-9(8)13/h2-5H,6-7H2,1H3,(H,15,16). The molecule has 1 saturated heterocycles. The van der Waals surface area contributed by atoms with Crippen molar-refractivity contribution in [1.82, 2.24) is 4.90 Å². The fraction of sp³-hybridized carbons (Fsp3) is 0.333. The number of hydrogen-bond acceptors (Lipinski definition) is 3. The zero-order chi connectivity index (χ0) is 13.3. The third-order valence-electron chi connectivity index (χ3n) is 2.83. The van der Waals surface area contributed by atoms with Gasteiger partial charge in [-0.3, -0.25) is 4.90 Å². The predicted octanol–water partition coefficient (Wildman–Crippen LogP) is 2.14. The second-order valence-electron chi connectivity index (χ2n) is 4.35. The second-order valence-corrected chi connectivity index (χ2v) is 4.76. The molecule has 18 heavy (non-hydrogen) atoms. The molecule has 1 atom stereocenters. The Balaban J connectivity index is 2.15. The first-order valence-corrected chi connectivity index (χ1v) is 5.75. The zero-order valence-corrected chi connectivity index (χ0v) is 10.5. The van der Waals surface area contributed by atoms with E-state index in [0.717, 1.165) is 5.56 Å². The monoisotopic (exact) mass is 269 g/mol. The Bertz CT molecular complexity index is 505. The lowest BCUT2D eigenvalue weighted by Gasteiger charge is -2.16. The first kappa shape index (κ1) is 12.7. The van der Waals surface area contributed by atoms with E-state index in [-0.39, 0.29) is 13.1 Å². The molecule has 1 amide bonds. The van der Waals surface area contributed by atoms with E-state index in [9.17, 15) is 9.59 Å². The second kappa shape index (κ2) is 4.49. The quantitative estimate of drug-likeness (QED) is 0.913. The number of rotatable bonds is 3. The fourth-order valence-electron chi connectivity index (χ4n) is 1.78. The smallest absolute Gasteiger partial charge is 0.411 e. The largest absolute Gasteiger partial charge is 0.478 e. The van der Waals surface area contributed by atoms with Gasteiger partial charge in [-0.2, -0.15) is 0 Å². The summed E-state index contributed by atoms with van der Waals surface area (Å²) in [6, 6.07) is 7.09. The predicted molar refractivity (Wildman–Crippen MR) is 64.4 cm³/mol. The highest BCUT2D eigenvalue weighted by Gasteiger charge is 2.47. The third-order valence-corrected chi connectivity index (χ3v) is 3.20. The molecule has 1 N–H and O–H groups in total. The number of carboxylic acid groups (broad SMARTS) is 1. The summed E-state index contributed by atoms with van der Waals surface area (Å²) in [6.45, 7) is 1.62. The van der Waals surface area contributed by atoms with Crippen LogP contribution in [0, 0.1) is 0 Å². The maximum absolute atomic E-state index is 11.6. The first-order valence-electron chi connectivity index (χ1n) is 5.37. The van der Waals surface area contributed by atoms with Gasteiger partial charge in [0.05, 0.1) is 13.1 Å². The number of halogens is 1. The van der Waals surface area contributed by atoms with E-state index in [1.165, 1.54) is 11.8 Å². The van der Waals surface area contributed by atoms with Gasteiger partial charge in [-0.05, 0) is 18.6 Å². The van der Waals surface area contributed by atoms with Crippen molar-refractivity contribution >= 4 is 23.7 Å². The van der Waals surface area contributed by atoms with Gasteiger partial charge in [0.25, 0.3) is 0 Å². The van der Waals surface area contributed by atoms with E-state index in [4.69, 9.17) is 21.4 Å². The molecule has 1 heterocycles. The van der Waals surface area contributed by atoms with Gasteiger partial charge in [-0.1, -0.05) is 29.8 Å². The molecule has 0 aliphatic carbocycles. The normalized spacial score (nSPS) is 23.0. The van der Waals surface area contributed by atoms with Crippen LogP contribution < -0.4 is 0 Å². The van der Waals surface area contributed by atoms with Gasteiger partial charge in [0, 0.05) is 5.02 Å². The molecule has 96 valence electrons. The van der Waals surface area contributed by atoms with Gasteiger partial charge in [0.15, 0.2) is 0 Å². The lowest BCUT2D eigenvalue weighted by atomic mass is 10.1. The maximum atomic E-state index is 11.6. The van der Waals surface area contributed by atoms with E-state index < -0.39 is 17.7 Å². The average Bonchev–Trinajstić information content (AvgIpc) is 2.59. The Morgan fingerprint density at radius 2 is 2.22 bits per heavy atom. The van der Waals surface area contributed by atoms with Gasteiger partial charge >= 0.3 is 12.1 Å². The number of hydrogen-bond donors (Lipinski definition) is 1. The van der Waals surface area contributed by atoms with Crippen molar-refractivity contribution in [2.24, 2.45) is 0 Å². The molecule has 0 spiro atoms. The molecule has 1 aliphatic rings. The first-order chi connectivity index (χ1) is 8.42. The molecular formula is C12H12ClNO4. The van der Waals surface area contributed by atoms with Crippen LogP contribution in [0.4, 0.5) is 4.79 Å². The highest BCUT2D eigenvalue weighted by atomic mass is 35.5. The SMILES string of the molecule is CC1(C(=O)O)CN(Cc2ccccc2Cl)C(=O)O1. The van der Waals surface area contributed by atoms with Gasteiger partial charge in [0.1, 0.15) is 0 Å². The van der Waals surface area contributed by atoms with Crippen molar-refractivity contribution in [1.29, 1.82) is 0 Å². The Hall–Kier alpha value is -1.75. The topological polar surface area (TPSA) is 66.8 Å². The average molecular weight is 270 g/mol. The molecule has 0 bridgehead atoms. The van der Waals surface area contributed by atoms with E-state index in [1.807, 2.05) is 0 Å². The van der Waals surface area contributed by atoms with Crippen molar-refractivity contribution in [3.8, 4) is 0 Å². The van der Waals surface area contributed by atoms with Crippen molar-refractivity contribution in [2.45, 2.75) is 19.1 Å². The van der Waals surface area contributed by atoms with Crippen LogP contribution in [-0.4, -0.2) is 34.2 Å². The molecule has 1 aromatic carbocycles. The molecule has 5 nitrogen and oxygen atoms in total. The molecule has 6 heteroatoms. The van der Waals surface area contributed by atoms with Crippen molar-refractivity contribution in [3.63, 3.8) is 0 Å². The molecule has 0 aromatic heterocycles.